The van der Waals surface area contributed by atoms with Crippen LogP contribution in [-0.2, 0) is 9.53 Å². The first-order valence-corrected chi connectivity index (χ1v) is 7.35. The van der Waals surface area contributed by atoms with Gasteiger partial charge in [0.25, 0.3) is 0 Å². The molecule has 6 heteroatoms. The maximum atomic E-state index is 12.3. The lowest BCUT2D eigenvalue weighted by Gasteiger charge is -2.30. The highest BCUT2D eigenvalue weighted by molar-refractivity contribution is 6.33. The number of hydrogen-bond acceptors (Lipinski definition) is 3. The van der Waals surface area contributed by atoms with Gasteiger partial charge in [-0.2, -0.15) is 0 Å². The lowest BCUT2D eigenvalue weighted by Crippen LogP contribution is -2.55. The van der Waals surface area contributed by atoms with Crippen LogP contribution in [0.3, 0.4) is 0 Å². The number of carbonyl (C=O) groups excluding carboxylic acids is 1. The van der Waals surface area contributed by atoms with Gasteiger partial charge in [0.1, 0.15) is 6.04 Å². The molecule has 0 spiro atoms. The number of amides is 1. The molecule has 20 heavy (non-hydrogen) atoms. The van der Waals surface area contributed by atoms with Crippen LogP contribution in [0.25, 0.3) is 0 Å². The van der Waals surface area contributed by atoms with Crippen LogP contribution in [0.1, 0.15) is 25.5 Å². The molecule has 1 saturated heterocycles. The van der Waals surface area contributed by atoms with E-state index in [1.807, 2.05) is 13.8 Å². The van der Waals surface area contributed by atoms with Crippen LogP contribution in [0.2, 0.25) is 10.0 Å². The summed E-state index contributed by atoms with van der Waals surface area (Å²) in [5, 5.41) is 7.28. The van der Waals surface area contributed by atoms with Crippen LogP contribution in [0.15, 0.2) is 18.2 Å². The molecule has 1 aromatic rings. The van der Waals surface area contributed by atoms with Gasteiger partial charge in [-0.3, -0.25) is 4.79 Å². The van der Waals surface area contributed by atoms with E-state index in [4.69, 9.17) is 27.9 Å². The SMILES string of the molecule is CC(NC(=O)[C@H]1NCCO[C@@H]1C)c1cc(Cl)ccc1Cl. The number of nitrogens with one attached hydrogen (secondary N) is 2. The third-order valence-corrected chi connectivity index (χ3v) is 3.96. The molecule has 1 fully saturated rings. The van der Waals surface area contributed by atoms with Crippen molar-refractivity contribution in [2.24, 2.45) is 0 Å². The summed E-state index contributed by atoms with van der Waals surface area (Å²) in [4.78, 5) is 12.3. The minimum absolute atomic E-state index is 0.0965. The summed E-state index contributed by atoms with van der Waals surface area (Å²) in [5.41, 5.74) is 0.803. The molecule has 0 bridgehead atoms. The summed E-state index contributed by atoms with van der Waals surface area (Å²) in [6.07, 6.45) is -0.147. The summed E-state index contributed by atoms with van der Waals surface area (Å²) in [7, 11) is 0. The molecular formula is C14H18Cl2N2O2. The maximum absolute atomic E-state index is 12.3. The summed E-state index contributed by atoms with van der Waals surface area (Å²) in [5.74, 6) is -0.0965. The van der Waals surface area contributed by atoms with E-state index in [9.17, 15) is 4.79 Å². The van der Waals surface area contributed by atoms with Crippen LogP contribution in [0, 0.1) is 0 Å². The molecule has 2 N–H and O–H groups in total. The van der Waals surface area contributed by atoms with Crippen molar-refractivity contribution in [2.45, 2.75) is 32.0 Å². The number of benzene rings is 1. The second-order valence-electron chi connectivity index (χ2n) is 4.90. The van der Waals surface area contributed by atoms with E-state index in [1.165, 1.54) is 0 Å². The first-order chi connectivity index (χ1) is 9.49. The summed E-state index contributed by atoms with van der Waals surface area (Å²) < 4.78 is 5.47. The Kier molecular flexibility index (Phi) is 5.27. The molecule has 2 rings (SSSR count). The second-order valence-corrected chi connectivity index (χ2v) is 5.75. The first kappa shape index (κ1) is 15.6. The number of rotatable bonds is 3. The Morgan fingerprint density at radius 3 is 2.95 bits per heavy atom. The molecule has 0 radical (unpaired) electrons. The predicted molar refractivity (Wildman–Crippen MR) is 80.2 cm³/mol. The zero-order valence-corrected chi connectivity index (χ0v) is 13.0. The van der Waals surface area contributed by atoms with Gasteiger partial charge in [-0.1, -0.05) is 23.2 Å². The van der Waals surface area contributed by atoms with E-state index in [1.54, 1.807) is 18.2 Å². The number of halogens is 2. The molecule has 0 aliphatic carbocycles. The Morgan fingerprint density at radius 2 is 2.25 bits per heavy atom. The van der Waals surface area contributed by atoms with Crippen molar-refractivity contribution < 1.29 is 9.53 Å². The molecule has 1 aliphatic heterocycles. The van der Waals surface area contributed by atoms with Gasteiger partial charge in [-0.15, -0.1) is 0 Å². The highest BCUT2D eigenvalue weighted by atomic mass is 35.5. The fourth-order valence-electron chi connectivity index (χ4n) is 2.25. The second kappa shape index (κ2) is 6.76. The normalized spacial score (nSPS) is 24.2. The third kappa shape index (κ3) is 3.64. The number of morpholine rings is 1. The molecule has 0 saturated carbocycles. The van der Waals surface area contributed by atoms with E-state index < -0.39 is 0 Å². The van der Waals surface area contributed by atoms with E-state index in [0.29, 0.717) is 23.2 Å². The van der Waals surface area contributed by atoms with Crippen LogP contribution >= 0.6 is 23.2 Å². The quantitative estimate of drug-likeness (QED) is 0.901. The lowest BCUT2D eigenvalue weighted by molar-refractivity contribution is -0.129. The van der Waals surface area contributed by atoms with Crippen LogP contribution < -0.4 is 10.6 Å². The van der Waals surface area contributed by atoms with Crippen LogP contribution in [0.5, 0.6) is 0 Å². The van der Waals surface area contributed by atoms with Crippen molar-refractivity contribution in [2.75, 3.05) is 13.2 Å². The average Bonchev–Trinajstić information content (AvgIpc) is 2.41. The molecule has 1 amide bonds. The average molecular weight is 317 g/mol. The van der Waals surface area contributed by atoms with E-state index in [0.717, 1.165) is 5.56 Å². The van der Waals surface area contributed by atoms with E-state index in [-0.39, 0.29) is 24.1 Å². The standard InChI is InChI=1S/C14H18Cl2N2O2/c1-8(11-7-10(15)3-4-12(11)16)18-14(19)13-9(2)20-6-5-17-13/h3-4,7-9,13,17H,5-6H2,1-2H3,(H,18,19)/t8?,9-,13+/m1/s1. The molecule has 0 aromatic heterocycles. The van der Waals surface area contributed by atoms with Crippen molar-refractivity contribution in [3.63, 3.8) is 0 Å². The smallest absolute Gasteiger partial charge is 0.240 e. The van der Waals surface area contributed by atoms with Crippen molar-refractivity contribution in [3.05, 3.63) is 33.8 Å². The largest absolute Gasteiger partial charge is 0.375 e. The Bertz CT molecular complexity index is 496. The van der Waals surface area contributed by atoms with Crippen LogP contribution in [0.4, 0.5) is 0 Å². The highest BCUT2D eigenvalue weighted by Crippen LogP contribution is 2.26. The topological polar surface area (TPSA) is 50.4 Å². The molecule has 1 aromatic carbocycles. The number of carbonyl (C=O) groups is 1. The highest BCUT2D eigenvalue weighted by Gasteiger charge is 2.29. The van der Waals surface area contributed by atoms with Gasteiger partial charge in [0.05, 0.1) is 18.8 Å². The number of hydrogen-bond donors (Lipinski definition) is 2. The minimum atomic E-state index is -0.343. The maximum Gasteiger partial charge on any atom is 0.240 e. The van der Waals surface area contributed by atoms with E-state index >= 15 is 0 Å². The van der Waals surface area contributed by atoms with Gasteiger partial charge >= 0.3 is 0 Å². The zero-order chi connectivity index (χ0) is 14.7. The van der Waals surface area contributed by atoms with Crippen LogP contribution in [-0.4, -0.2) is 31.2 Å². The predicted octanol–water partition coefficient (Wildman–Crippen LogP) is 2.55. The van der Waals surface area contributed by atoms with Crippen molar-refractivity contribution in [1.29, 1.82) is 0 Å². The van der Waals surface area contributed by atoms with Gasteiger partial charge in [-0.05, 0) is 37.6 Å². The summed E-state index contributed by atoms with van der Waals surface area (Å²) >= 11 is 12.1. The van der Waals surface area contributed by atoms with Gasteiger partial charge in [0.2, 0.25) is 5.91 Å². The lowest BCUT2D eigenvalue weighted by atomic mass is 10.1. The summed E-state index contributed by atoms with van der Waals surface area (Å²) in [6, 6.07) is 4.66. The third-order valence-electron chi connectivity index (χ3n) is 3.38. The number of ether oxygens (including phenoxy) is 1. The van der Waals surface area contributed by atoms with Gasteiger partial charge < -0.3 is 15.4 Å². The van der Waals surface area contributed by atoms with E-state index in [2.05, 4.69) is 10.6 Å². The van der Waals surface area contributed by atoms with Crippen molar-refractivity contribution in [3.8, 4) is 0 Å². The Hall–Kier alpha value is -0.810. The Labute approximate surface area is 128 Å². The zero-order valence-electron chi connectivity index (χ0n) is 11.5. The summed E-state index contributed by atoms with van der Waals surface area (Å²) in [6.45, 7) is 5.06. The van der Waals surface area contributed by atoms with Crippen molar-refractivity contribution in [1.82, 2.24) is 10.6 Å². The first-order valence-electron chi connectivity index (χ1n) is 6.59. The fraction of sp³-hybridized carbons (Fsp3) is 0.500. The Balaban J connectivity index is 2.05. The minimum Gasteiger partial charge on any atom is -0.375 e. The van der Waals surface area contributed by atoms with Gasteiger partial charge in [0, 0.05) is 16.6 Å². The monoisotopic (exact) mass is 316 g/mol. The molecule has 1 aliphatic rings. The van der Waals surface area contributed by atoms with Gasteiger partial charge in [0.15, 0.2) is 0 Å². The fourth-order valence-corrected chi connectivity index (χ4v) is 2.72. The molecule has 3 atom stereocenters. The molecule has 1 unspecified atom stereocenters. The molecule has 4 nitrogen and oxygen atoms in total. The molecule has 110 valence electrons. The Morgan fingerprint density at radius 1 is 1.50 bits per heavy atom. The molecule has 1 heterocycles. The van der Waals surface area contributed by atoms with Crippen molar-refractivity contribution >= 4 is 29.1 Å². The molecular weight excluding hydrogens is 299 g/mol. The van der Waals surface area contributed by atoms with Gasteiger partial charge in [-0.25, -0.2) is 0 Å².